The first-order valence-electron chi connectivity index (χ1n) is 17.4. The second kappa shape index (κ2) is 17.8. The van der Waals surface area contributed by atoms with Crippen LogP contribution in [0.4, 0.5) is 0 Å². The molecule has 0 unspecified atom stereocenters. The molecule has 0 aliphatic carbocycles. The molecule has 1 fully saturated rings. The summed E-state index contributed by atoms with van der Waals surface area (Å²) in [6, 6.07) is 15.6. The molecule has 0 spiro atoms. The molecule has 2 aromatic carbocycles. The molecule has 0 N–H and O–H groups in total. The van der Waals surface area contributed by atoms with Gasteiger partial charge in [-0.25, -0.2) is 4.79 Å². The van der Waals surface area contributed by atoms with Crippen LogP contribution < -0.4 is 4.74 Å². The fraction of sp³-hybridized carbons (Fsp3) is 0.615. The average molecular weight is 605 g/mol. The lowest BCUT2D eigenvalue weighted by Crippen LogP contribution is -2.46. The lowest BCUT2D eigenvalue weighted by Gasteiger charge is -2.34. The zero-order valence-electron chi connectivity index (χ0n) is 28.5. The Morgan fingerprint density at radius 1 is 0.727 bits per heavy atom. The SMILES string of the molecule is CCCCCCCCC[C@]1(C)C/C(=C(\C)OC(=O)c2ccc(-c3ccc(OCCCCCCCC)cc3)cc2)C(C)(C)N1[O]. The molecule has 1 aliphatic heterocycles. The molecule has 1 saturated heterocycles. The van der Waals surface area contributed by atoms with Gasteiger partial charge in [-0.15, -0.1) is 10.3 Å². The third kappa shape index (κ3) is 10.2. The van der Waals surface area contributed by atoms with E-state index in [1.54, 1.807) is 0 Å². The first-order chi connectivity index (χ1) is 21.1. The van der Waals surface area contributed by atoms with E-state index >= 15 is 0 Å². The first kappa shape index (κ1) is 35.8. The van der Waals surface area contributed by atoms with Crippen LogP contribution in [0, 0.1) is 0 Å². The number of unbranched alkanes of at least 4 members (excludes halogenated alkanes) is 11. The van der Waals surface area contributed by atoms with Crippen LogP contribution in [0.15, 0.2) is 59.9 Å². The van der Waals surface area contributed by atoms with E-state index in [1.807, 2.05) is 57.2 Å². The summed E-state index contributed by atoms with van der Waals surface area (Å²) in [5.74, 6) is 1.04. The van der Waals surface area contributed by atoms with Crippen molar-refractivity contribution in [1.29, 1.82) is 0 Å². The number of hydrogen-bond donors (Lipinski definition) is 0. The predicted octanol–water partition coefficient (Wildman–Crippen LogP) is 11.3. The number of nitrogens with zero attached hydrogens (tertiary/aromatic N) is 1. The molecule has 3 rings (SSSR count). The molecule has 44 heavy (non-hydrogen) atoms. The Bertz CT molecular complexity index is 1170. The van der Waals surface area contributed by atoms with Crippen molar-refractivity contribution >= 4 is 5.97 Å². The zero-order valence-corrected chi connectivity index (χ0v) is 28.5. The van der Waals surface area contributed by atoms with Crippen molar-refractivity contribution in [2.24, 2.45) is 0 Å². The van der Waals surface area contributed by atoms with Crippen molar-refractivity contribution in [3.8, 4) is 16.9 Å². The summed E-state index contributed by atoms with van der Waals surface area (Å²) in [5, 5.41) is 14.7. The molecule has 2 aromatic rings. The summed E-state index contributed by atoms with van der Waals surface area (Å²) in [6.07, 6.45) is 17.6. The summed E-state index contributed by atoms with van der Waals surface area (Å²) in [4.78, 5) is 13.1. The highest BCUT2D eigenvalue weighted by molar-refractivity contribution is 5.90. The van der Waals surface area contributed by atoms with E-state index in [1.165, 1.54) is 69.3 Å². The summed E-state index contributed by atoms with van der Waals surface area (Å²) in [7, 11) is 0. The van der Waals surface area contributed by atoms with E-state index in [0.29, 0.717) is 17.7 Å². The Hall–Kier alpha value is -2.63. The fourth-order valence-electron chi connectivity index (χ4n) is 6.55. The van der Waals surface area contributed by atoms with Crippen molar-refractivity contribution < 1.29 is 19.5 Å². The maximum atomic E-state index is 13.5. The molecule has 5 nitrogen and oxygen atoms in total. The van der Waals surface area contributed by atoms with Crippen molar-refractivity contribution in [2.45, 2.75) is 149 Å². The Balaban J connectivity index is 1.53. The summed E-state index contributed by atoms with van der Waals surface area (Å²) >= 11 is 0. The van der Waals surface area contributed by atoms with Crippen LogP contribution in [0.3, 0.4) is 0 Å². The Kier molecular flexibility index (Phi) is 14.5. The summed E-state index contributed by atoms with van der Waals surface area (Å²) in [5.41, 5.74) is 2.31. The Morgan fingerprint density at radius 2 is 1.23 bits per heavy atom. The van der Waals surface area contributed by atoms with Gasteiger partial charge in [0.05, 0.1) is 23.2 Å². The number of benzene rings is 2. The third-order valence-electron chi connectivity index (χ3n) is 9.36. The topological polar surface area (TPSA) is 58.7 Å². The molecule has 0 amide bonds. The molecule has 1 radical (unpaired) electrons. The number of allylic oxidation sites excluding steroid dienone is 1. The Labute approximate surface area is 268 Å². The monoisotopic (exact) mass is 604 g/mol. The van der Waals surface area contributed by atoms with Crippen LogP contribution in [0.1, 0.15) is 148 Å². The largest absolute Gasteiger partial charge is 0.494 e. The lowest BCUT2D eigenvalue weighted by molar-refractivity contribution is -0.247. The minimum Gasteiger partial charge on any atom is -0.494 e. The highest BCUT2D eigenvalue weighted by atomic mass is 16.5. The second-order valence-electron chi connectivity index (χ2n) is 13.5. The van der Waals surface area contributed by atoms with Crippen LogP contribution in [0.25, 0.3) is 11.1 Å². The van der Waals surface area contributed by atoms with Crippen LogP contribution in [-0.4, -0.2) is 28.7 Å². The van der Waals surface area contributed by atoms with Gasteiger partial charge in [0, 0.05) is 0 Å². The molecule has 0 bridgehead atoms. The van der Waals surface area contributed by atoms with E-state index in [-0.39, 0.29) is 0 Å². The van der Waals surface area contributed by atoms with Gasteiger partial charge in [0.15, 0.2) is 0 Å². The molecule has 0 aromatic heterocycles. The van der Waals surface area contributed by atoms with Gasteiger partial charge in [-0.05, 0) is 87.9 Å². The summed E-state index contributed by atoms with van der Waals surface area (Å²) < 4.78 is 11.8. The number of rotatable bonds is 19. The first-order valence-corrected chi connectivity index (χ1v) is 17.4. The molecular weight excluding hydrogens is 546 g/mol. The van der Waals surface area contributed by atoms with Crippen molar-refractivity contribution in [3.05, 3.63) is 65.4 Å². The van der Waals surface area contributed by atoms with Gasteiger partial charge in [0.25, 0.3) is 0 Å². The van der Waals surface area contributed by atoms with Gasteiger partial charge in [-0.2, -0.15) is 0 Å². The number of carbonyl (C=O) groups is 1. The van der Waals surface area contributed by atoms with E-state index in [4.69, 9.17) is 9.47 Å². The molecule has 0 saturated carbocycles. The number of ether oxygens (including phenoxy) is 2. The third-order valence-corrected chi connectivity index (χ3v) is 9.36. The van der Waals surface area contributed by atoms with Crippen molar-refractivity contribution in [1.82, 2.24) is 5.06 Å². The molecule has 243 valence electrons. The van der Waals surface area contributed by atoms with Crippen molar-refractivity contribution in [2.75, 3.05) is 6.61 Å². The van der Waals surface area contributed by atoms with E-state index in [9.17, 15) is 10.0 Å². The van der Waals surface area contributed by atoms with E-state index in [2.05, 4.69) is 32.9 Å². The van der Waals surface area contributed by atoms with E-state index < -0.39 is 17.0 Å². The lowest BCUT2D eigenvalue weighted by atomic mass is 9.89. The number of hydrogen-bond acceptors (Lipinski definition) is 4. The minimum atomic E-state index is -0.714. The maximum Gasteiger partial charge on any atom is 0.343 e. The maximum absolute atomic E-state index is 13.5. The highest BCUT2D eigenvalue weighted by Gasteiger charge is 2.52. The molecule has 1 atom stereocenters. The van der Waals surface area contributed by atoms with Gasteiger partial charge in [-0.1, -0.05) is 115 Å². The molecular formula is C39H58NO4. The standard InChI is InChI=1S/C39H58NO4/c1-7-9-11-13-15-16-18-28-39(6)30-36(38(4,5)40(39)42)31(3)44-37(41)34-22-20-32(21-23-34)33-24-26-35(27-25-33)43-29-19-17-14-12-10-8-2/h20-27H,7-19,28-30H2,1-6H3/b36-31-/t39-/m1/s1. The fourth-order valence-corrected chi connectivity index (χ4v) is 6.55. The zero-order chi connectivity index (χ0) is 32.0. The number of esters is 1. The van der Waals surface area contributed by atoms with Crippen LogP contribution in [-0.2, 0) is 9.94 Å². The Morgan fingerprint density at radius 3 is 1.80 bits per heavy atom. The number of carbonyl (C=O) groups excluding carboxylic acids is 1. The van der Waals surface area contributed by atoms with Gasteiger partial charge in [0.1, 0.15) is 11.5 Å². The van der Waals surface area contributed by atoms with Gasteiger partial charge in [-0.3, -0.25) is 0 Å². The normalized spacial score (nSPS) is 19.2. The van der Waals surface area contributed by atoms with Gasteiger partial charge < -0.3 is 9.47 Å². The van der Waals surface area contributed by atoms with Crippen LogP contribution >= 0.6 is 0 Å². The smallest absolute Gasteiger partial charge is 0.343 e. The van der Waals surface area contributed by atoms with Crippen molar-refractivity contribution in [3.63, 3.8) is 0 Å². The molecule has 5 heteroatoms. The minimum absolute atomic E-state index is 0.395. The van der Waals surface area contributed by atoms with Gasteiger partial charge >= 0.3 is 5.97 Å². The molecule has 1 heterocycles. The van der Waals surface area contributed by atoms with E-state index in [0.717, 1.165) is 54.7 Å². The van der Waals surface area contributed by atoms with Crippen LogP contribution in [0.2, 0.25) is 0 Å². The quantitative estimate of drug-likeness (QED) is 0.0909. The van der Waals surface area contributed by atoms with Crippen LogP contribution in [0.5, 0.6) is 5.75 Å². The summed E-state index contributed by atoms with van der Waals surface area (Å²) in [6.45, 7) is 13.0. The predicted molar refractivity (Wildman–Crippen MR) is 181 cm³/mol. The number of hydroxylamine groups is 2. The second-order valence-corrected chi connectivity index (χ2v) is 13.5. The molecule has 1 aliphatic rings. The highest BCUT2D eigenvalue weighted by Crippen LogP contribution is 2.47. The van der Waals surface area contributed by atoms with Gasteiger partial charge in [0.2, 0.25) is 0 Å². The average Bonchev–Trinajstić information content (AvgIpc) is 3.20.